The molecule has 0 heterocycles. The number of alkyl halides is 1. The molecule has 0 fully saturated rings. The van der Waals surface area contributed by atoms with E-state index in [1.807, 2.05) is 13.8 Å². The van der Waals surface area contributed by atoms with Crippen LogP contribution < -0.4 is 5.32 Å². The molecule has 0 radical (unpaired) electrons. The van der Waals surface area contributed by atoms with Gasteiger partial charge in [-0.1, -0.05) is 13.8 Å². The van der Waals surface area contributed by atoms with Gasteiger partial charge in [0.25, 0.3) is 0 Å². The van der Waals surface area contributed by atoms with E-state index in [1.165, 1.54) is 4.90 Å². The van der Waals surface area contributed by atoms with Gasteiger partial charge in [-0.05, 0) is 19.8 Å². The van der Waals surface area contributed by atoms with Crippen LogP contribution in [0.2, 0.25) is 0 Å². The van der Waals surface area contributed by atoms with Gasteiger partial charge in [-0.2, -0.15) is 0 Å². The molecular formula is C12H23ClN2O2. The van der Waals surface area contributed by atoms with E-state index in [0.29, 0.717) is 12.5 Å². The molecule has 0 spiro atoms. The molecule has 0 aliphatic carbocycles. The maximum absolute atomic E-state index is 11.9. The first kappa shape index (κ1) is 16.2. The van der Waals surface area contributed by atoms with Gasteiger partial charge in [-0.15, -0.1) is 11.6 Å². The van der Waals surface area contributed by atoms with E-state index >= 15 is 0 Å². The van der Waals surface area contributed by atoms with Crippen LogP contribution in [0.15, 0.2) is 0 Å². The van der Waals surface area contributed by atoms with Crippen LogP contribution in [-0.2, 0) is 9.59 Å². The first-order chi connectivity index (χ1) is 7.70. The summed E-state index contributed by atoms with van der Waals surface area (Å²) in [5.41, 5.74) is -0.630. The average molecular weight is 263 g/mol. The van der Waals surface area contributed by atoms with E-state index in [2.05, 4.69) is 5.32 Å². The molecule has 0 unspecified atom stereocenters. The maximum atomic E-state index is 11.9. The van der Waals surface area contributed by atoms with Crippen molar-refractivity contribution in [3.8, 4) is 0 Å². The predicted molar refractivity (Wildman–Crippen MR) is 70.0 cm³/mol. The van der Waals surface area contributed by atoms with Crippen molar-refractivity contribution in [3.05, 3.63) is 0 Å². The zero-order valence-electron chi connectivity index (χ0n) is 11.3. The molecule has 0 aliphatic heterocycles. The third-order valence-electron chi connectivity index (χ3n) is 2.35. The van der Waals surface area contributed by atoms with Gasteiger partial charge in [0.2, 0.25) is 11.8 Å². The van der Waals surface area contributed by atoms with Crippen molar-refractivity contribution in [3.63, 3.8) is 0 Å². The van der Waals surface area contributed by atoms with Gasteiger partial charge in [-0.25, -0.2) is 0 Å². The van der Waals surface area contributed by atoms with E-state index in [4.69, 9.17) is 11.6 Å². The first-order valence-corrected chi connectivity index (χ1v) is 6.32. The van der Waals surface area contributed by atoms with Crippen LogP contribution in [0.4, 0.5) is 0 Å². The molecule has 0 aromatic rings. The molecule has 2 amide bonds. The lowest BCUT2D eigenvalue weighted by molar-refractivity contribution is -0.141. The second kappa shape index (κ2) is 6.84. The van der Waals surface area contributed by atoms with Crippen molar-refractivity contribution in [2.75, 3.05) is 26.0 Å². The third kappa shape index (κ3) is 5.91. The number of amides is 2. The largest absolute Gasteiger partial charge is 0.354 e. The lowest BCUT2D eigenvalue weighted by Gasteiger charge is -2.27. The summed E-state index contributed by atoms with van der Waals surface area (Å²) in [6.07, 6.45) is 0. The molecule has 1 N–H and O–H groups in total. The van der Waals surface area contributed by atoms with Crippen molar-refractivity contribution >= 4 is 23.4 Å². The van der Waals surface area contributed by atoms with Crippen LogP contribution in [0.3, 0.4) is 0 Å². The highest BCUT2D eigenvalue weighted by molar-refractivity contribution is 6.19. The molecule has 5 heteroatoms. The lowest BCUT2D eigenvalue weighted by atomic mass is 9.94. The van der Waals surface area contributed by atoms with Gasteiger partial charge in [0.15, 0.2) is 0 Å². The number of rotatable bonds is 6. The summed E-state index contributed by atoms with van der Waals surface area (Å²) in [6.45, 7) is 8.28. The van der Waals surface area contributed by atoms with Gasteiger partial charge in [0, 0.05) is 19.5 Å². The number of halogens is 1. The third-order valence-corrected chi connectivity index (χ3v) is 3.02. The summed E-state index contributed by atoms with van der Waals surface area (Å²) < 4.78 is 0. The summed E-state index contributed by atoms with van der Waals surface area (Å²) in [7, 11) is 1.62. The Kier molecular flexibility index (Phi) is 6.53. The molecule has 4 nitrogen and oxygen atoms in total. The number of nitrogens with zero attached hydrogens (tertiary/aromatic N) is 1. The Balaban J connectivity index is 4.21. The minimum absolute atomic E-state index is 0.0753. The van der Waals surface area contributed by atoms with E-state index < -0.39 is 5.41 Å². The molecule has 0 rings (SSSR count). The quantitative estimate of drug-likeness (QED) is 0.738. The van der Waals surface area contributed by atoms with Gasteiger partial charge >= 0.3 is 0 Å². The summed E-state index contributed by atoms with van der Waals surface area (Å²) in [5, 5.41) is 2.77. The zero-order valence-corrected chi connectivity index (χ0v) is 12.1. The molecule has 0 atom stereocenters. The Morgan fingerprint density at radius 3 is 2.29 bits per heavy atom. The maximum Gasteiger partial charge on any atom is 0.239 e. The molecule has 0 saturated heterocycles. The Labute approximate surface area is 109 Å². The van der Waals surface area contributed by atoms with Crippen LogP contribution in [0.5, 0.6) is 0 Å². The molecule has 0 saturated carbocycles. The number of hydrogen-bond acceptors (Lipinski definition) is 2. The Morgan fingerprint density at radius 2 is 1.88 bits per heavy atom. The van der Waals surface area contributed by atoms with Crippen molar-refractivity contribution in [1.82, 2.24) is 10.2 Å². The van der Waals surface area contributed by atoms with E-state index in [9.17, 15) is 9.59 Å². The first-order valence-electron chi connectivity index (χ1n) is 5.79. The highest BCUT2D eigenvalue weighted by Crippen LogP contribution is 2.19. The summed E-state index contributed by atoms with van der Waals surface area (Å²) in [6, 6.07) is 0. The minimum atomic E-state index is -0.630. The second-order valence-corrected chi connectivity index (χ2v) is 5.64. The highest BCUT2D eigenvalue weighted by atomic mass is 35.5. The molecule has 0 aromatic heterocycles. The SMILES string of the molecule is CC(C)CNC(=O)CN(C)C(=O)C(C)(C)CCl. The van der Waals surface area contributed by atoms with Gasteiger partial charge < -0.3 is 10.2 Å². The molecule has 0 aliphatic rings. The predicted octanol–water partition coefficient (Wildman–Crippen LogP) is 1.48. The Hall–Kier alpha value is -0.770. The number of nitrogens with one attached hydrogen (secondary N) is 1. The van der Waals surface area contributed by atoms with Crippen LogP contribution in [0.1, 0.15) is 27.7 Å². The van der Waals surface area contributed by atoms with E-state index in [-0.39, 0.29) is 24.2 Å². The number of likely N-dealkylation sites (N-methyl/N-ethyl adjacent to an activating group) is 1. The minimum Gasteiger partial charge on any atom is -0.354 e. The smallest absolute Gasteiger partial charge is 0.239 e. The molecule has 0 aromatic carbocycles. The van der Waals surface area contributed by atoms with Crippen molar-refractivity contribution in [2.24, 2.45) is 11.3 Å². The van der Waals surface area contributed by atoms with E-state index in [1.54, 1.807) is 20.9 Å². The Bertz CT molecular complexity index is 278. The molecule has 100 valence electrons. The lowest BCUT2D eigenvalue weighted by Crippen LogP contribution is -2.45. The molecular weight excluding hydrogens is 240 g/mol. The average Bonchev–Trinajstić information content (AvgIpc) is 2.25. The standard InChI is InChI=1S/C12H23ClN2O2/c1-9(2)6-14-10(16)7-15(5)11(17)12(3,4)8-13/h9H,6-8H2,1-5H3,(H,14,16). The topological polar surface area (TPSA) is 49.4 Å². The fourth-order valence-corrected chi connectivity index (χ4v) is 1.35. The van der Waals surface area contributed by atoms with E-state index in [0.717, 1.165) is 0 Å². The number of hydrogen-bond donors (Lipinski definition) is 1. The van der Waals surface area contributed by atoms with Crippen molar-refractivity contribution in [2.45, 2.75) is 27.7 Å². The van der Waals surface area contributed by atoms with Crippen molar-refractivity contribution in [1.29, 1.82) is 0 Å². The summed E-state index contributed by atoms with van der Waals surface area (Å²) in [4.78, 5) is 24.9. The van der Waals surface area contributed by atoms with Gasteiger partial charge in [0.05, 0.1) is 12.0 Å². The summed E-state index contributed by atoms with van der Waals surface area (Å²) in [5.74, 6) is 0.385. The highest BCUT2D eigenvalue weighted by Gasteiger charge is 2.30. The van der Waals surface area contributed by atoms with Crippen molar-refractivity contribution < 1.29 is 9.59 Å². The zero-order chi connectivity index (χ0) is 13.6. The number of carbonyl (C=O) groups excluding carboxylic acids is 2. The fourth-order valence-electron chi connectivity index (χ4n) is 1.23. The van der Waals surface area contributed by atoms with Crippen LogP contribution in [0.25, 0.3) is 0 Å². The number of carbonyl (C=O) groups is 2. The van der Waals surface area contributed by atoms with Gasteiger partial charge in [-0.3, -0.25) is 9.59 Å². The Morgan fingerprint density at radius 1 is 1.35 bits per heavy atom. The van der Waals surface area contributed by atoms with Gasteiger partial charge in [0.1, 0.15) is 0 Å². The molecule has 17 heavy (non-hydrogen) atoms. The normalized spacial score (nSPS) is 11.5. The van der Waals surface area contributed by atoms with Crippen LogP contribution in [0, 0.1) is 11.3 Å². The fraction of sp³-hybridized carbons (Fsp3) is 0.833. The monoisotopic (exact) mass is 262 g/mol. The second-order valence-electron chi connectivity index (χ2n) is 5.38. The molecule has 0 bridgehead atoms. The van der Waals surface area contributed by atoms with Crippen LogP contribution >= 0.6 is 11.6 Å². The summed E-state index contributed by atoms with van der Waals surface area (Å²) >= 11 is 5.72. The van der Waals surface area contributed by atoms with Crippen LogP contribution in [-0.4, -0.2) is 42.7 Å².